The number of amides is 3. The van der Waals surface area contributed by atoms with Crippen LogP contribution in [0.1, 0.15) is 31.3 Å². The van der Waals surface area contributed by atoms with Crippen molar-refractivity contribution in [3.8, 4) is 0 Å². The van der Waals surface area contributed by atoms with Crippen molar-refractivity contribution >= 4 is 29.5 Å². The summed E-state index contributed by atoms with van der Waals surface area (Å²) in [6.07, 6.45) is 0. The van der Waals surface area contributed by atoms with E-state index in [0.29, 0.717) is 0 Å². The average Bonchev–Trinajstić information content (AvgIpc) is 2.60. The van der Waals surface area contributed by atoms with Crippen LogP contribution in [0.4, 0.5) is 5.82 Å². The first-order chi connectivity index (χ1) is 12.1. The number of nitrogens with two attached hydrogens (primary N) is 1. The molecule has 0 spiro atoms. The Balaban J connectivity index is 2.71. The lowest BCUT2D eigenvalue weighted by Crippen LogP contribution is -2.49. The number of nitrogens with one attached hydrogen (secondary N) is 3. The normalized spacial score (nSPS) is 13.7. The topological polar surface area (TPSA) is 153 Å². The van der Waals surface area contributed by atoms with Crippen LogP contribution in [0, 0.1) is 0 Å². The predicted octanol–water partition coefficient (Wildman–Crippen LogP) is -0.837. The molecule has 5 N–H and O–H groups in total. The van der Waals surface area contributed by atoms with Gasteiger partial charge in [0.25, 0.3) is 5.91 Å². The van der Waals surface area contributed by atoms with Crippen LogP contribution < -0.4 is 21.7 Å². The van der Waals surface area contributed by atoms with Crippen molar-refractivity contribution in [2.24, 2.45) is 5.73 Å². The van der Waals surface area contributed by atoms with Crippen LogP contribution in [-0.2, 0) is 19.1 Å². The summed E-state index contributed by atoms with van der Waals surface area (Å²) in [4.78, 5) is 51.1. The van der Waals surface area contributed by atoms with E-state index in [-0.39, 0.29) is 11.5 Å². The molecule has 1 aromatic heterocycles. The number of rotatable bonds is 7. The number of esters is 1. The predicted molar refractivity (Wildman–Crippen MR) is 93.1 cm³/mol. The Morgan fingerprint density at radius 2 is 1.69 bits per heavy atom. The number of carbonyl (C=O) groups excluding carboxylic acids is 4. The van der Waals surface area contributed by atoms with E-state index in [1.54, 1.807) is 0 Å². The summed E-state index contributed by atoms with van der Waals surface area (Å²) >= 11 is 0. The van der Waals surface area contributed by atoms with Gasteiger partial charge in [0, 0.05) is 0 Å². The molecule has 0 aliphatic rings. The van der Waals surface area contributed by atoms with Gasteiger partial charge < -0.3 is 26.4 Å². The van der Waals surface area contributed by atoms with Crippen LogP contribution in [0.15, 0.2) is 18.2 Å². The Bertz CT molecular complexity index is 691. The van der Waals surface area contributed by atoms with Crippen LogP contribution in [0.3, 0.4) is 0 Å². The van der Waals surface area contributed by atoms with Gasteiger partial charge in [-0.1, -0.05) is 6.07 Å². The second-order valence-corrected chi connectivity index (χ2v) is 5.63. The van der Waals surface area contributed by atoms with E-state index >= 15 is 0 Å². The van der Waals surface area contributed by atoms with Gasteiger partial charge in [-0.25, -0.2) is 9.78 Å². The maximum atomic E-state index is 12.2. The van der Waals surface area contributed by atoms with Gasteiger partial charge in [0.15, 0.2) is 0 Å². The van der Waals surface area contributed by atoms with Gasteiger partial charge in [0.2, 0.25) is 11.8 Å². The summed E-state index contributed by atoms with van der Waals surface area (Å²) in [6.45, 7) is 4.44. The van der Waals surface area contributed by atoms with Crippen LogP contribution in [-0.4, -0.2) is 53.9 Å². The molecule has 142 valence electrons. The van der Waals surface area contributed by atoms with E-state index in [2.05, 4.69) is 25.7 Å². The van der Waals surface area contributed by atoms with Gasteiger partial charge in [-0.3, -0.25) is 14.4 Å². The molecule has 1 heterocycles. The molecule has 1 aromatic rings. The lowest BCUT2D eigenvalue weighted by molar-refractivity contribution is -0.144. The van der Waals surface area contributed by atoms with E-state index in [1.165, 1.54) is 46.1 Å². The standard InChI is InChI=1S/C16H23N5O5/c1-8(17)13(22)21-12-7-5-6-11(20-12)15(24)18-9(2)14(23)19-10(3)16(25)26-4/h5-10H,17H2,1-4H3,(H,18,24)(H,19,23)(H,20,21,22)/t8-,9-,10+/m0/s1. The molecule has 10 nitrogen and oxygen atoms in total. The Morgan fingerprint density at radius 1 is 1.04 bits per heavy atom. The average molecular weight is 365 g/mol. The number of hydrogen-bond acceptors (Lipinski definition) is 7. The van der Waals surface area contributed by atoms with E-state index in [0.717, 1.165) is 0 Å². The van der Waals surface area contributed by atoms with Crippen molar-refractivity contribution in [2.75, 3.05) is 12.4 Å². The smallest absolute Gasteiger partial charge is 0.328 e. The van der Waals surface area contributed by atoms with E-state index in [9.17, 15) is 19.2 Å². The molecule has 0 unspecified atom stereocenters. The Hall–Kier alpha value is -3.01. The first-order valence-electron chi connectivity index (χ1n) is 7.88. The fourth-order valence-corrected chi connectivity index (χ4v) is 1.78. The summed E-state index contributed by atoms with van der Waals surface area (Å²) in [6, 6.07) is 1.97. The molecule has 26 heavy (non-hydrogen) atoms. The first kappa shape index (κ1) is 21.0. The number of ether oxygens (including phenoxy) is 1. The lowest BCUT2D eigenvalue weighted by atomic mass is 10.2. The number of pyridine rings is 1. The van der Waals surface area contributed by atoms with Crippen molar-refractivity contribution in [1.82, 2.24) is 15.6 Å². The molecular weight excluding hydrogens is 342 g/mol. The highest BCUT2D eigenvalue weighted by molar-refractivity contribution is 5.98. The third-order valence-electron chi connectivity index (χ3n) is 3.30. The monoisotopic (exact) mass is 365 g/mol. The summed E-state index contributed by atoms with van der Waals surface area (Å²) in [5.41, 5.74) is 5.46. The Morgan fingerprint density at radius 3 is 2.27 bits per heavy atom. The summed E-state index contributed by atoms with van der Waals surface area (Å²) in [5.74, 6) is -2.06. The highest BCUT2D eigenvalue weighted by Crippen LogP contribution is 2.06. The van der Waals surface area contributed by atoms with Gasteiger partial charge in [0.1, 0.15) is 23.6 Å². The molecule has 0 aromatic carbocycles. The number of carbonyl (C=O) groups is 4. The fraction of sp³-hybridized carbons (Fsp3) is 0.438. The van der Waals surface area contributed by atoms with Crippen molar-refractivity contribution < 1.29 is 23.9 Å². The van der Waals surface area contributed by atoms with Crippen LogP contribution in [0.25, 0.3) is 0 Å². The van der Waals surface area contributed by atoms with E-state index in [1.807, 2.05) is 0 Å². The zero-order valence-corrected chi connectivity index (χ0v) is 15.0. The Labute approximate surface area is 150 Å². The van der Waals surface area contributed by atoms with E-state index < -0.39 is 41.8 Å². The van der Waals surface area contributed by atoms with Crippen molar-refractivity contribution in [2.45, 2.75) is 38.9 Å². The molecule has 3 atom stereocenters. The van der Waals surface area contributed by atoms with Gasteiger partial charge in [-0.05, 0) is 32.9 Å². The molecule has 3 amide bonds. The Kier molecular flexibility index (Phi) is 7.66. The van der Waals surface area contributed by atoms with Crippen molar-refractivity contribution in [1.29, 1.82) is 0 Å². The molecule has 0 aliphatic heterocycles. The summed E-state index contributed by atoms with van der Waals surface area (Å²) < 4.78 is 4.51. The maximum Gasteiger partial charge on any atom is 0.328 e. The minimum atomic E-state index is -0.918. The molecule has 0 fully saturated rings. The zero-order valence-electron chi connectivity index (χ0n) is 15.0. The molecule has 0 bridgehead atoms. The second-order valence-electron chi connectivity index (χ2n) is 5.63. The minimum Gasteiger partial charge on any atom is -0.467 e. The van der Waals surface area contributed by atoms with Crippen molar-refractivity contribution in [3.63, 3.8) is 0 Å². The van der Waals surface area contributed by atoms with Crippen molar-refractivity contribution in [3.05, 3.63) is 23.9 Å². The van der Waals surface area contributed by atoms with Gasteiger partial charge in [-0.15, -0.1) is 0 Å². The summed E-state index contributed by atoms with van der Waals surface area (Å²) in [7, 11) is 1.21. The molecule has 0 aliphatic carbocycles. The largest absolute Gasteiger partial charge is 0.467 e. The second kappa shape index (κ2) is 9.47. The van der Waals surface area contributed by atoms with Gasteiger partial charge in [0.05, 0.1) is 13.2 Å². The van der Waals surface area contributed by atoms with Gasteiger partial charge in [-0.2, -0.15) is 0 Å². The highest BCUT2D eigenvalue weighted by Gasteiger charge is 2.22. The molecule has 10 heteroatoms. The van der Waals surface area contributed by atoms with Crippen LogP contribution in [0.2, 0.25) is 0 Å². The molecule has 0 saturated heterocycles. The molecule has 0 radical (unpaired) electrons. The number of hydrogen-bond donors (Lipinski definition) is 4. The number of aromatic nitrogens is 1. The lowest BCUT2D eigenvalue weighted by Gasteiger charge is -2.17. The first-order valence-corrected chi connectivity index (χ1v) is 7.88. The van der Waals surface area contributed by atoms with Gasteiger partial charge >= 0.3 is 5.97 Å². The molecule has 0 saturated carbocycles. The third-order valence-corrected chi connectivity index (χ3v) is 3.30. The number of anilines is 1. The number of methoxy groups -OCH3 is 1. The quantitative estimate of drug-likeness (QED) is 0.460. The zero-order chi connectivity index (χ0) is 19.9. The summed E-state index contributed by atoms with van der Waals surface area (Å²) in [5, 5.41) is 7.35. The molecular formula is C16H23N5O5. The van der Waals surface area contributed by atoms with E-state index in [4.69, 9.17) is 5.73 Å². The SMILES string of the molecule is COC(=O)[C@@H](C)NC(=O)[C@H](C)NC(=O)c1cccc(NC(=O)[C@H](C)N)n1. The van der Waals surface area contributed by atoms with Crippen LogP contribution in [0.5, 0.6) is 0 Å². The minimum absolute atomic E-state index is 0.00754. The third kappa shape index (κ3) is 6.13. The van der Waals surface area contributed by atoms with Crippen LogP contribution >= 0.6 is 0 Å². The number of nitrogens with zero attached hydrogens (tertiary/aromatic N) is 1. The maximum absolute atomic E-state index is 12.2. The fourth-order valence-electron chi connectivity index (χ4n) is 1.78. The highest BCUT2D eigenvalue weighted by atomic mass is 16.5. The molecule has 1 rings (SSSR count).